The van der Waals surface area contributed by atoms with Crippen LogP contribution in [0.25, 0.3) is 0 Å². The molecule has 2 aliphatic rings. The van der Waals surface area contributed by atoms with Crippen LogP contribution in [0.2, 0.25) is 0 Å². The SMILES string of the molecule is C=CC(=O)NC1C2CCC(C2)C1C(N)=O. The van der Waals surface area contributed by atoms with Gasteiger partial charge in [0.25, 0.3) is 0 Å². The second kappa shape index (κ2) is 3.68. The smallest absolute Gasteiger partial charge is 0.243 e. The number of nitrogens with one attached hydrogen (secondary N) is 1. The van der Waals surface area contributed by atoms with Crippen LogP contribution in [0.3, 0.4) is 0 Å². The van der Waals surface area contributed by atoms with Gasteiger partial charge in [-0.1, -0.05) is 6.58 Å². The van der Waals surface area contributed by atoms with Gasteiger partial charge >= 0.3 is 0 Å². The standard InChI is InChI=1S/C11H16N2O2/c1-2-8(14)13-10-7-4-3-6(5-7)9(10)11(12)15/h2,6-7,9-10H,1,3-5H2,(H2,12,15)(H,13,14). The maximum Gasteiger partial charge on any atom is 0.243 e. The fourth-order valence-electron chi connectivity index (χ4n) is 3.13. The summed E-state index contributed by atoms with van der Waals surface area (Å²) in [6, 6.07) is -0.0632. The van der Waals surface area contributed by atoms with E-state index in [9.17, 15) is 9.59 Å². The van der Waals surface area contributed by atoms with Gasteiger partial charge in [-0.05, 0) is 37.2 Å². The third-order valence-electron chi connectivity index (χ3n) is 3.74. The molecular formula is C11H16N2O2. The number of hydrogen-bond acceptors (Lipinski definition) is 2. The Morgan fingerprint density at radius 2 is 2.00 bits per heavy atom. The molecule has 2 amide bonds. The van der Waals surface area contributed by atoms with Crippen molar-refractivity contribution in [1.82, 2.24) is 5.32 Å². The summed E-state index contributed by atoms with van der Waals surface area (Å²) in [5.41, 5.74) is 5.38. The van der Waals surface area contributed by atoms with Crippen LogP contribution in [0, 0.1) is 17.8 Å². The van der Waals surface area contributed by atoms with E-state index in [1.54, 1.807) is 0 Å². The number of carbonyl (C=O) groups excluding carboxylic acids is 2. The molecule has 0 heterocycles. The normalized spacial score (nSPS) is 37.6. The van der Waals surface area contributed by atoms with Gasteiger partial charge in [0, 0.05) is 6.04 Å². The molecule has 0 aromatic heterocycles. The molecule has 4 unspecified atom stereocenters. The van der Waals surface area contributed by atoms with Crippen molar-refractivity contribution in [1.29, 1.82) is 0 Å². The van der Waals surface area contributed by atoms with Gasteiger partial charge in [0.1, 0.15) is 0 Å². The first-order valence-corrected chi connectivity index (χ1v) is 5.35. The van der Waals surface area contributed by atoms with Crippen molar-refractivity contribution in [2.45, 2.75) is 25.3 Å². The van der Waals surface area contributed by atoms with Crippen molar-refractivity contribution >= 4 is 11.8 Å². The average Bonchev–Trinajstić information content (AvgIpc) is 2.77. The predicted octanol–water partition coefficient (Wildman–Crippen LogP) is 0.189. The molecule has 2 rings (SSSR count). The zero-order valence-corrected chi connectivity index (χ0v) is 8.61. The molecular weight excluding hydrogens is 192 g/mol. The number of fused-ring (bicyclic) bond motifs is 2. The summed E-state index contributed by atoms with van der Waals surface area (Å²) in [5.74, 6) is 0.141. The second-order valence-corrected chi connectivity index (χ2v) is 4.50. The molecule has 2 aliphatic carbocycles. The van der Waals surface area contributed by atoms with Crippen LogP contribution in [0.1, 0.15) is 19.3 Å². The van der Waals surface area contributed by atoms with Crippen molar-refractivity contribution in [2.24, 2.45) is 23.5 Å². The van der Waals surface area contributed by atoms with Crippen molar-refractivity contribution in [3.63, 3.8) is 0 Å². The van der Waals surface area contributed by atoms with Crippen LogP contribution in [-0.2, 0) is 9.59 Å². The summed E-state index contributed by atoms with van der Waals surface area (Å²) in [6.07, 6.45) is 4.43. The molecule has 0 aromatic rings. The number of primary amides is 1. The van der Waals surface area contributed by atoms with E-state index in [2.05, 4.69) is 11.9 Å². The van der Waals surface area contributed by atoms with Crippen LogP contribution in [0.4, 0.5) is 0 Å². The Bertz CT molecular complexity index is 314. The second-order valence-electron chi connectivity index (χ2n) is 4.50. The largest absolute Gasteiger partial charge is 0.369 e. The highest BCUT2D eigenvalue weighted by Crippen LogP contribution is 2.48. The van der Waals surface area contributed by atoms with Gasteiger partial charge in [-0.15, -0.1) is 0 Å². The van der Waals surface area contributed by atoms with E-state index in [1.807, 2.05) is 0 Å². The van der Waals surface area contributed by atoms with E-state index in [-0.39, 0.29) is 23.8 Å². The van der Waals surface area contributed by atoms with Gasteiger partial charge in [-0.2, -0.15) is 0 Å². The molecule has 15 heavy (non-hydrogen) atoms. The molecule has 0 spiro atoms. The first kappa shape index (κ1) is 10.2. The summed E-state index contributed by atoms with van der Waals surface area (Å²) in [6.45, 7) is 3.41. The number of nitrogens with two attached hydrogens (primary N) is 1. The third kappa shape index (κ3) is 1.64. The van der Waals surface area contributed by atoms with E-state index in [0.29, 0.717) is 11.8 Å². The zero-order valence-electron chi connectivity index (χ0n) is 8.61. The highest BCUT2D eigenvalue weighted by molar-refractivity contribution is 5.88. The van der Waals surface area contributed by atoms with Gasteiger partial charge in [0.15, 0.2) is 0 Å². The molecule has 2 bridgehead atoms. The third-order valence-corrected chi connectivity index (χ3v) is 3.74. The van der Waals surface area contributed by atoms with Crippen LogP contribution in [0.15, 0.2) is 12.7 Å². The first-order chi connectivity index (χ1) is 7.13. The highest BCUT2D eigenvalue weighted by atomic mass is 16.2. The Labute approximate surface area is 88.9 Å². The zero-order chi connectivity index (χ0) is 11.0. The number of rotatable bonds is 3. The van der Waals surface area contributed by atoms with E-state index in [1.165, 1.54) is 6.08 Å². The minimum absolute atomic E-state index is 0.0632. The fourth-order valence-corrected chi connectivity index (χ4v) is 3.13. The van der Waals surface area contributed by atoms with E-state index < -0.39 is 0 Å². The molecule has 0 aromatic carbocycles. The Kier molecular flexibility index (Phi) is 2.50. The summed E-state index contributed by atoms with van der Waals surface area (Å²) >= 11 is 0. The molecule has 0 aliphatic heterocycles. The summed E-state index contributed by atoms with van der Waals surface area (Å²) < 4.78 is 0. The van der Waals surface area contributed by atoms with Crippen LogP contribution in [0.5, 0.6) is 0 Å². The van der Waals surface area contributed by atoms with Crippen LogP contribution < -0.4 is 11.1 Å². The molecule has 4 atom stereocenters. The minimum atomic E-state index is -0.281. The maximum atomic E-state index is 11.3. The predicted molar refractivity (Wildman–Crippen MR) is 55.6 cm³/mol. The average molecular weight is 208 g/mol. The van der Waals surface area contributed by atoms with Crippen molar-refractivity contribution < 1.29 is 9.59 Å². The monoisotopic (exact) mass is 208 g/mol. The number of carbonyl (C=O) groups is 2. The topological polar surface area (TPSA) is 72.2 Å². The lowest BCUT2D eigenvalue weighted by Gasteiger charge is -2.29. The Balaban J connectivity index is 2.11. The van der Waals surface area contributed by atoms with E-state index in [4.69, 9.17) is 5.73 Å². The van der Waals surface area contributed by atoms with Crippen molar-refractivity contribution in [2.75, 3.05) is 0 Å². The minimum Gasteiger partial charge on any atom is -0.369 e. The lowest BCUT2D eigenvalue weighted by Crippen LogP contribution is -2.48. The number of amides is 2. The molecule has 2 saturated carbocycles. The number of hydrogen-bond donors (Lipinski definition) is 2. The van der Waals surface area contributed by atoms with Crippen LogP contribution in [-0.4, -0.2) is 17.9 Å². The Morgan fingerprint density at radius 1 is 1.33 bits per heavy atom. The lowest BCUT2D eigenvalue weighted by molar-refractivity contribution is -0.125. The Hall–Kier alpha value is -1.32. The lowest BCUT2D eigenvalue weighted by atomic mass is 9.84. The van der Waals surface area contributed by atoms with Gasteiger partial charge in [0.2, 0.25) is 11.8 Å². The molecule has 0 radical (unpaired) electrons. The maximum absolute atomic E-state index is 11.3. The van der Waals surface area contributed by atoms with Gasteiger partial charge in [-0.3, -0.25) is 9.59 Å². The van der Waals surface area contributed by atoms with Gasteiger partial charge in [-0.25, -0.2) is 0 Å². The molecule has 2 fully saturated rings. The van der Waals surface area contributed by atoms with Gasteiger partial charge in [0.05, 0.1) is 5.92 Å². The molecule has 4 heteroatoms. The Morgan fingerprint density at radius 3 is 2.60 bits per heavy atom. The summed E-state index contributed by atoms with van der Waals surface area (Å²) in [5, 5.41) is 2.83. The molecule has 4 nitrogen and oxygen atoms in total. The summed E-state index contributed by atoms with van der Waals surface area (Å²) in [7, 11) is 0. The quantitative estimate of drug-likeness (QED) is 0.650. The summed E-state index contributed by atoms with van der Waals surface area (Å²) in [4.78, 5) is 22.5. The fraction of sp³-hybridized carbons (Fsp3) is 0.636. The first-order valence-electron chi connectivity index (χ1n) is 5.35. The molecule has 3 N–H and O–H groups in total. The van der Waals surface area contributed by atoms with Gasteiger partial charge < -0.3 is 11.1 Å². The molecule has 82 valence electrons. The highest BCUT2D eigenvalue weighted by Gasteiger charge is 2.50. The molecule has 0 saturated heterocycles. The van der Waals surface area contributed by atoms with Crippen molar-refractivity contribution in [3.05, 3.63) is 12.7 Å². The van der Waals surface area contributed by atoms with Crippen molar-refractivity contribution in [3.8, 4) is 0 Å². The van der Waals surface area contributed by atoms with E-state index >= 15 is 0 Å². The van der Waals surface area contributed by atoms with Crippen LogP contribution >= 0.6 is 0 Å². The van der Waals surface area contributed by atoms with E-state index in [0.717, 1.165) is 19.3 Å².